The van der Waals surface area contributed by atoms with E-state index in [4.69, 9.17) is 29.7 Å². The van der Waals surface area contributed by atoms with Crippen molar-refractivity contribution in [1.82, 2.24) is 9.55 Å². The van der Waals surface area contributed by atoms with Crippen LogP contribution in [0.1, 0.15) is 12.6 Å². The van der Waals surface area contributed by atoms with E-state index < -0.39 is 54.2 Å². The highest BCUT2D eigenvalue weighted by atomic mass is 31.3. The van der Waals surface area contributed by atoms with E-state index in [9.17, 15) is 28.3 Å². The van der Waals surface area contributed by atoms with Gasteiger partial charge in [-0.25, -0.2) is 18.5 Å². The smallest absolute Gasteiger partial charge is 0.383 e. The van der Waals surface area contributed by atoms with E-state index in [1.807, 2.05) is 0 Å². The van der Waals surface area contributed by atoms with Crippen molar-refractivity contribution in [1.29, 1.82) is 0 Å². The molecule has 6 N–H and O–H groups in total. The van der Waals surface area contributed by atoms with E-state index in [2.05, 4.69) is 24.7 Å². The number of hydrogen-bond acceptors (Lipinski definition) is 12. The molecule has 2 rings (SSSR count). The zero-order chi connectivity index (χ0) is 24.9. The number of phosphoric ester groups is 1. The molecule has 0 aliphatic carbocycles. The van der Waals surface area contributed by atoms with Gasteiger partial charge in [-0.15, -0.1) is 6.58 Å². The average molecular weight is 537 g/mol. The summed E-state index contributed by atoms with van der Waals surface area (Å²) in [6.07, 6.45) is -0.139. The molecule has 1 aromatic rings. The maximum atomic E-state index is 12.1. The highest BCUT2D eigenvalue weighted by Crippen LogP contribution is 2.66. The number of nitrogen functional groups attached to an aromatic ring is 1. The van der Waals surface area contributed by atoms with Crippen molar-refractivity contribution in [2.45, 2.75) is 24.9 Å². The first-order chi connectivity index (χ1) is 15.2. The number of ether oxygens (including phenoxy) is 3. The van der Waals surface area contributed by atoms with Crippen molar-refractivity contribution in [3.05, 3.63) is 35.4 Å². The summed E-state index contributed by atoms with van der Waals surface area (Å²) in [5.41, 5.74) is 4.71. The molecular formula is C13H22N3O14P3. The minimum atomic E-state index is -5.68. The number of nitrogens with two attached hydrogens (primary N) is 1. The van der Waals surface area contributed by atoms with Gasteiger partial charge >= 0.3 is 29.2 Å². The molecular weight excluding hydrogens is 515 g/mol. The molecule has 0 spiro atoms. The summed E-state index contributed by atoms with van der Waals surface area (Å²) >= 11 is 0. The van der Waals surface area contributed by atoms with Crippen molar-refractivity contribution < 1.29 is 60.6 Å². The van der Waals surface area contributed by atoms with Crippen LogP contribution >= 0.6 is 23.5 Å². The van der Waals surface area contributed by atoms with Gasteiger partial charge in [0.15, 0.2) is 0 Å². The molecule has 0 bridgehead atoms. The first-order valence-electron chi connectivity index (χ1n) is 8.80. The molecule has 0 aromatic carbocycles. The Balaban J connectivity index is 2.09. The van der Waals surface area contributed by atoms with Crippen LogP contribution in [0.3, 0.4) is 0 Å². The lowest BCUT2D eigenvalue weighted by atomic mass is 10.2. The molecule has 20 heteroatoms. The van der Waals surface area contributed by atoms with E-state index >= 15 is 0 Å². The third kappa shape index (κ3) is 9.47. The Bertz CT molecular complexity index is 1030. The van der Waals surface area contributed by atoms with Crippen molar-refractivity contribution in [3.63, 3.8) is 0 Å². The first-order valence-corrected chi connectivity index (χ1v) is 13.3. The standard InChI is InChI=1S/C13H22N3O14P3/c1-2-5-25-8-26-9-6-12(16-4-3-11(14)15-13(16)17)28-10(9)7-27-32(21,22)30-33(23,24)29-31(18,19)20/h2-4,9-10,12H,1,5-8H2,(H,21,22)(H,23,24)(H2,14,15,17)(H2,18,19,20)/t9-,10-,12-/m1/s1. The Kier molecular flexibility index (Phi) is 9.68. The van der Waals surface area contributed by atoms with Gasteiger partial charge in [-0.05, 0) is 6.07 Å². The molecule has 5 atom stereocenters. The molecule has 1 aliphatic rings. The highest BCUT2D eigenvalue weighted by Gasteiger charge is 2.43. The zero-order valence-corrected chi connectivity index (χ0v) is 19.4. The summed E-state index contributed by atoms with van der Waals surface area (Å²) in [4.78, 5) is 51.6. The van der Waals surface area contributed by atoms with Crippen molar-refractivity contribution >= 4 is 29.3 Å². The Labute approximate surface area is 186 Å². The number of hydrogen-bond donors (Lipinski definition) is 5. The maximum absolute atomic E-state index is 12.1. The van der Waals surface area contributed by atoms with Crippen LogP contribution in [0, 0.1) is 0 Å². The Hall–Kier alpha value is -1.29. The first kappa shape index (κ1) is 28.0. The summed E-state index contributed by atoms with van der Waals surface area (Å²) < 4.78 is 63.3. The summed E-state index contributed by atoms with van der Waals surface area (Å²) in [7, 11) is -16.6. The summed E-state index contributed by atoms with van der Waals surface area (Å²) in [6, 6.07) is 1.34. The number of nitrogens with zero attached hydrogens (tertiary/aromatic N) is 2. The Morgan fingerprint density at radius 2 is 1.94 bits per heavy atom. The number of anilines is 1. The van der Waals surface area contributed by atoms with Gasteiger partial charge in [0.2, 0.25) is 0 Å². The van der Waals surface area contributed by atoms with Crippen LogP contribution in [0.2, 0.25) is 0 Å². The van der Waals surface area contributed by atoms with E-state index in [0.717, 1.165) is 4.57 Å². The van der Waals surface area contributed by atoms with Crippen LogP contribution in [0.25, 0.3) is 0 Å². The fourth-order valence-corrected chi connectivity index (χ4v) is 5.61. The molecule has 2 unspecified atom stereocenters. The predicted octanol–water partition coefficient (Wildman–Crippen LogP) is 0.00160. The number of rotatable bonds is 13. The Morgan fingerprint density at radius 3 is 2.55 bits per heavy atom. The minimum Gasteiger partial charge on any atom is -0.383 e. The van der Waals surface area contributed by atoms with Gasteiger partial charge in [0.1, 0.15) is 24.9 Å². The summed E-state index contributed by atoms with van der Waals surface area (Å²) in [5.74, 6) is -0.0240. The van der Waals surface area contributed by atoms with Gasteiger partial charge in [-0.1, -0.05) is 6.08 Å². The van der Waals surface area contributed by atoms with E-state index in [1.165, 1.54) is 18.3 Å². The molecule has 188 valence electrons. The third-order valence-electron chi connectivity index (χ3n) is 3.76. The monoisotopic (exact) mass is 537 g/mol. The SMILES string of the molecule is C=CCOCO[C@@H]1C[C@H](n2ccc(N)nc2=O)O[C@@H]1COP(=O)(O)OP(=O)(O)OP(=O)(O)O. The fraction of sp³-hybridized carbons (Fsp3) is 0.538. The largest absolute Gasteiger partial charge is 0.490 e. The van der Waals surface area contributed by atoms with Crippen LogP contribution < -0.4 is 11.4 Å². The van der Waals surface area contributed by atoms with Gasteiger partial charge in [0.25, 0.3) is 0 Å². The van der Waals surface area contributed by atoms with Gasteiger partial charge in [-0.2, -0.15) is 13.6 Å². The second kappa shape index (κ2) is 11.4. The lowest BCUT2D eigenvalue weighted by molar-refractivity contribution is -0.113. The van der Waals surface area contributed by atoms with E-state index in [-0.39, 0.29) is 25.6 Å². The van der Waals surface area contributed by atoms with Crippen LogP contribution in [0.5, 0.6) is 0 Å². The number of phosphoric acid groups is 3. The van der Waals surface area contributed by atoms with Gasteiger partial charge < -0.3 is 39.5 Å². The minimum absolute atomic E-state index is 0.0240. The molecule has 0 amide bonds. The van der Waals surface area contributed by atoms with E-state index in [1.54, 1.807) is 0 Å². The molecule has 17 nitrogen and oxygen atoms in total. The molecule has 2 heterocycles. The highest BCUT2D eigenvalue weighted by molar-refractivity contribution is 7.66. The second-order valence-electron chi connectivity index (χ2n) is 6.28. The summed E-state index contributed by atoms with van der Waals surface area (Å²) in [6.45, 7) is 2.61. The number of aromatic nitrogens is 2. The molecule has 1 saturated heterocycles. The van der Waals surface area contributed by atoms with Crippen LogP contribution in [-0.4, -0.2) is 61.3 Å². The van der Waals surface area contributed by atoms with Gasteiger partial charge in [-0.3, -0.25) is 9.09 Å². The molecule has 0 saturated carbocycles. The summed E-state index contributed by atoms with van der Waals surface area (Å²) in [5, 5.41) is 0. The van der Waals surface area contributed by atoms with Crippen LogP contribution in [-0.2, 0) is 41.1 Å². The van der Waals surface area contributed by atoms with E-state index in [0.29, 0.717) is 0 Å². The molecule has 1 aliphatic heterocycles. The van der Waals surface area contributed by atoms with Crippen molar-refractivity contribution in [3.8, 4) is 0 Å². The topological polar surface area (TPSA) is 248 Å². The lowest BCUT2D eigenvalue weighted by Crippen LogP contribution is -2.30. The third-order valence-corrected chi connectivity index (χ3v) is 7.56. The van der Waals surface area contributed by atoms with Gasteiger partial charge in [0.05, 0.1) is 19.3 Å². The normalized spacial score (nSPS) is 24.8. The fourth-order valence-electron chi connectivity index (χ4n) is 2.58. The predicted molar refractivity (Wildman–Crippen MR) is 107 cm³/mol. The van der Waals surface area contributed by atoms with Crippen molar-refractivity contribution in [2.75, 3.05) is 25.7 Å². The molecule has 0 radical (unpaired) electrons. The average Bonchev–Trinajstić information content (AvgIpc) is 3.03. The van der Waals surface area contributed by atoms with Crippen molar-refractivity contribution in [2.24, 2.45) is 0 Å². The van der Waals surface area contributed by atoms with Gasteiger partial charge in [0, 0.05) is 12.6 Å². The maximum Gasteiger partial charge on any atom is 0.490 e. The molecule has 1 fully saturated rings. The molecule has 33 heavy (non-hydrogen) atoms. The second-order valence-corrected chi connectivity index (χ2v) is 10.7. The Morgan fingerprint density at radius 1 is 1.24 bits per heavy atom. The quantitative estimate of drug-likeness (QED) is 0.0961. The van der Waals surface area contributed by atoms with Crippen LogP contribution in [0.15, 0.2) is 29.7 Å². The molecule has 1 aromatic heterocycles. The lowest BCUT2D eigenvalue weighted by Gasteiger charge is -2.21. The zero-order valence-electron chi connectivity index (χ0n) is 16.7. The van der Waals surface area contributed by atoms with Crippen LogP contribution in [0.4, 0.5) is 5.82 Å².